The molecule has 0 atom stereocenters. The van der Waals surface area contributed by atoms with Crippen LogP contribution < -0.4 is 10.6 Å². The number of rotatable bonds is 7. The summed E-state index contributed by atoms with van der Waals surface area (Å²) in [5.74, 6) is 0.676. The van der Waals surface area contributed by atoms with Gasteiger partial charge in [-0.1, -0.05) is 30.0 Å². The number of hydrogen-bond acceptors (Lipinski definition) is 5. The first-order valence-electron chi connectivity index (χ1n) is 10.2. The summed E-state index contributed by atoms with van der Waals surface area (Å²) in [6.07, 6.45) is 2.07. The van der Waals surface area contributed by atoms with Crippen molar-refractivity contribution >= 4 is 29.3 Å². The summed E-state index contributed by atoms with van der Waals surface area (Å²) in [7, 11) is 0. The minimum atomic E-state index is -0.169. The first-order valence-corrected chi connectivity index (χ1v) is 11.2. The van der Waals surface area contributed by atoms with Crippen LogP contribution in [0.2, 0.25) is 0 Å². The third-order valence-electron chi connectivity index (χ3n) is 5.05. The van der Waals surface area contributed by atoms with Crippen LogP contribution in [0.5, 0.6) is 0 Å². The van der Waals surface area contributed by atoms with Crippen LogP contribution in [-0.4, -0.2) is 38.4 Å². The average Bonchev–Trinajstić information content (AvgIpc) is 3.48. The summed E-state index contributed by atoms with van der Waals surface area (Å²) in [4.78, 5) is 24.8. The van der Waals surface area contributed by atoms with Gasteiger partial charge in [-0.2, -0.15) is 0 Å². The molecule has 0 spiro atoms. The topological polar surface area (TPSA) is 88.9 Å². The van der Waals surface area contributed by atoms with Gasteiger partial charge in [0.2, 0.25) is 5.91 Å². The zero-order valence-electron chi connectivity index (χ0n) is 17.8. The lowest BCUT2D eigenvalue weighted by Gasteiger charge is -2.12. The molecule has 0 aliphatic heterocycles. The molecule has 31 heavy (non-hydrogen) atoms. The molecule has 1 saturated carbocycles. The highest BCUT2D eigenvalue weighted by molar-refractivity contribution is 7.99. The van der Waals surface area contributed by atoms with Gasteiger partial charge in [0.25, 0.3) is 5.91 Å². The van der Waals surface area contributed by atoms with Crippen LogP contribution in [0.15, 0.2) is 47.6 Å². The van der Waals surface area contributed by atoms with Gasteiger partial charge < -0.3 is 10.6 Å². The summed E-state index contributed by atoms with van der Waals surface area (Å²) in [5, 5.41) is 14.9. The van der Waals surface area contributed by atoms with E-state index < -0.39 is 0 Å². The van der Waals surface area contributed by atoms with Gasteiger partial charge in [0.1, 0.15) is 5.82 Å². The molecule has 1 aromatic heterocycles. The second-order valence-corrected chi connectivity index (χ2v) is 8.76. The van der Waals surface area contributed by atoms with Gasteiger partial charge in [0.05, 0.1) is 11.4 Å². The Bertz CT molecular complexity index is 1140. The van der Waals surface area contributed by atoms with Gasteiger partial charge in [-0.15, -0.1) is 10.2 Å². The SMILES string of the molecule is Cc1ccc(C)c(-n2c(C)nnc2SCC(=O)Nc2cccc(C(=O)NC3CC3)c2)c1. The quantitative estimate of drug-likeness (QED) is 0.551. The largest absolute Gasteiger partial charge is 0.349 e. The Labute approximate surface area is 185 Å². The van der Waals surface area contributed by atoms with E-state index in [1.54, 1.807) is 24.3 Å². The summed E-state index contributed by atoms with van der Waals surface area (Å²) >= 11 is 1.33. The van der Waals surface area contributed by atoms with Gasteiger partial charge in [-0.3, -0.25) is 14.2 Å². The minimum absolute atomic E-state index is 0.106. The van der Waals surface area contributed by atoms with Crippen molar-refractivity contribution in [1.82, 2.24) is 20.1 Å². The highest BCUT2D eigenvalue weighted by Gasteiger charge is 2.24. The molecule has 7 nitrogen and oxygen atoms in total. The van der Waals surface area contributed by atoms with Crippen LogP contribution >= 0.6 is 11.8 Å². The van der Waals surface area contributed by atoms with Crippen molar-refractivity contribution in [3.05, 3.63) is 65.0 Å². The molecule has 3 aromatic rings. The third-order valence-corrected chi connectivity index (χ3v) is 5.98. The van der Waals surface area contributed by atoms with E-state index in [4.69, 9.17) is 0 Å². The smallest absolute Gasteiger partial charge is 0.251 e. The number of aryl methyl sites for hydroxylation is 3. The second kappa shape index (κ2) is 8.93. The molecule has 0 bridgehead atoms. The van der Waals surface area contributed by atoms with Crippen molar-refractivity contribution in [3.8, 4) is 5.69 Å². The number of aromatic nitrogens is 3. The zero-order valence-corrected chi connectivity index (χ0v) is 18.6. The van der Waals surface area contributed by atoms with Crippen LogP contribution in [0.1, 0.15) is 40.2 Å². The Balaban J connectivity index is 1.42. The van der Waals surface area contributed by atoms with E-state index in [9.17, 15) is 9.59 Å². The normalized spacial score (nSPS) is 13.1. The number of nitrogens with zero attached hydrogens (tertiary/aromatic N) is 3. The molecule has 2 amide bonds. The first-order chi connectivity index (χ1) is 14.9. The van der Waals surface area contributed by atoms with Gasteiger partial charge in [-0.25, -0.2) is 0 Å². The summed E-state index contributed by atoms with van der Waals surface area (Å²) in [6.45, 7) is 5.99. The van der Waals surface area contributed by atoms with Crippen LogP contribution in [0.4, 0.5) is 5.69 Å². The fraction of sp³-hybridized carbons (Fsp3) is 0.304. The molecule has 1 heterocycles. The number of hydrogen-bond donors (Lipinski definition) is 2. The van der Waals surface area contributed by atoms with Crippen LogP contribution in [0, 0.1) is 20.8 Å². The molecule has 2 N–H and O–H groups in total. The van der Waals surface area contributed by atoms with Gasteiger partial charge >= 0.3 is 0 Å². The fourth-order valence-electron chi connectivity index (χ4n) is 3.24. The van der Waals surface area contributed by atoms with Crippen molar-refractivity contribution in [1.29, 1.82) is 0 Å². The van der Waals surface area contributed by atoms with Gasteiger partial charge in [0.15, 0.2) is 5.16 Å². The molecule has 1 aliphatic rings. The van der Waals surface area contributed by atoms with Crippen molar-refractivity contribution in [3.63, 3.8) is 0 Å². The molecule has 0 saturated heterocycles. The summed E-state index contributed by atoms with van der Waals surface area (Å²) < 4.78 is 1.98. The third kappa shape index (κ3) is 5.14. The number of thioether (sulfide) groups is 1. The van der Waals surface area contributed by atoms with E-state index in [0.29, 0.717) is 22.4 Å². The Morgan fingerprint density at radius 1 is 1.10 bits per heavy atom. The highest BCUT2D eigenvalue weighted by atomic mass is 32.2. The Hall–Kier alpha value is -3.13. The maximum absolute atomic E-state index is 12.5. The van der Waals surface area contributed by atoms with Gasteiger partial charge in [-0.05, 0) is 69.0 Å². The van der Waals surface area contributed by atoms with E-state index >= 15 is 0 Å². The van der Waals surface area contributed by atoms with Crippen LogP contribution in [-0.2, 0) is 4.79 Å². The van der Waals surface area contributed by atoms with E-state index in [0.717, 1.165) is 35.5 Å². The number of benzene rings is 2. The standard InChI is InChI=1S/C23H25N5O2S/c1-14-7-8-15(2)20(11-14)28-16(3)26-27-23(28)31-13-21(29)24-19-6-4-5-17(12-19)22(30)25-18-9-10-18/h4-8,11-12,18H,9-10,13H2,1-3H3,(H,24,29)(H,25,30). The number of carbonyl (C=O) groups excluding carboxylic acids is 2. The summed E-state index contributed by atoms with van der Waals surface area (Å²) in [5.41, 5.74) is 4.41. The molecule has 160 valence electrons. The van der Waals surface area contributed by atoms with E-state index in [1.807, 2.05) is 25.3 Å². The lowest BCUT2D eigenvalue weighted by molar-refractivity contribution is -0.113. The molecular formula is C23H25N5O2S. The van der Waals surface area contributed by atoms with E-state index in [1.165, 1.54) is 11.8 Å². The van der Waals surface area contributed by atoms with Crippen LogP contribution in [0.3, 0.4) is 0 Å². The monoisotopic (exact) mass is 435 g/mol. The average molecular weight is 436 g/mol. The zero-order chi connectivity index (χ0) is 22.0. The van der Waals surface area contributed by atoms with Crippen LogP contribution in [0.25, 0.3) is 5.69 Å². The number of nitrogens with one attached hydrogen (secondary N) is 2. The lowest BCUT2D eigenvalue weighted by Crippen LogP contribution is -2.25. The Kier molecular flexibility index (Phi) is 6.08. The predicted molar refractivity (Wildman–Crippen MR) is 122 cm³/mol. The molecule has 2 aromatic carbocycles. The minimum Gasteiger partial charge on any atom is -0.349 e. The highest BCUT2D eigenvalue weighted by Crippen LogP contribution is 2.25. The van der Waals surface area contributed by atoms with Crippen molar-refractivity contribution in [2.75, 3.05) is 11.1 Å². The molecule has 4 rings (SSSR count). The molecule has 1 fully saturated rings. The Morgan fingerprint density at radius 3 is 2.68 bits per heavy atom. The molecule has 0 unspecified atom stereocenters. The Morgan fingerprint density at radius 2 is 1.90 bits per heavy atom. The van der Waals surface area contributed by atoms with Gasteiger partial charge in [0, 0.05) is 17.3 Å². The number of amides is 2. The van der Waals surface area contributed by atoms with E-state index in [-0.39, 0.29) is 17.6 Å². The maximum Gasteiger partial charge on any atom is 0.251 e. The molecule has 8 heteroatoms. The lowest BCUT2D eigenvalue weighted by atomic mass is 10.1. The van der Waals surface area contributed by atoms with Crippen molar-refractivity contribution < 1.29 is 9.59 Å². The molecule has 0 radical (unpaired) electrons. The van der Waals surface area contributed by atoms with Crippen molar-refractivity contribution in [2.24, 2.45) is 0 Å². The first kappa shape index (κ1) is 21.1. The fourth-order valence-corrected chi connectivity index (χ4v) is 4.03. The molecule has 1 aliphatic carbocycles. The number of carbonyl (C=O) groups is 2. The summed E-state index contributed by atoms with van der Waals surface area (Å²) in [6, 6.07) is 13.5. The number of anilines is 1. The maximum atomic E-state index is 12.5. The second-order valence-electron chi connectivity index (χ2n) is 7.82. The van der Waals surface area contributed by atoms with E-state index in [2.05, 4.69) is 39.0 Å². The van der Waals surface area contributed by atoms with Crippen molar-refractivity contribution in [2.45, 2.75) is 44.8 Å². The molecular weight excluding hydrogens is 410 g/mol. The predicted octanol–water partition coefficient (Wildman–Crippen LogP) is 3.82.